The normalized spacial score (nSPS) is 11.0. The summed E-state index contributed by atoms with van der Waals surface area (Å²) in [5.41, 5.74) is 2.65. The van der Waals surface area contributed by atoms with E-state index in [1.807, 2.05) is 37.3 Å². The van der Waals surface area contributed by atoms with Gasteiger partial charge in [0.25, 0.3) is 5.91 Å². The van der Waals surface area contributed by atoms with E-state index in [0.717, 1.165) is 15.1 Å². The second-order valence-corrected chi connectivity index (χ2v) is 8.01. The Morgan fingerprint density at radius 2 is 2.04 bits per heavy atom. The molecule has 0 aliphatic rings. The zero-order valence-electron chi connectivity index (χ0n) is 14.7. The third kappa shape index (κ3) is 4.01. The van der Waals surface area contributed by atoms with Crippen molar-refractivity contribution in [3.8, 4) is 0 Å². The smallest absolute Gasteiger partial charge is 0.258 e. The summed E-state index contributed by atoms with van der Waals surface area (Å²) in [6, 6.07) is 13.5. The van der Waals surface area contributed by atoms with Crippen molar-refractivity contribution in [3.05, 3.63) is 65.3 Å². The van der Waals surface area contributed by atoms with Crippen molar-refractivity contribution >= 4 is 44.4 Å². The number of benzene rings is 2. The van der Waals surface area contributed by atoms with Crippen molar-refractivity contribution in [2.45, 2.75) is 24.5 Å². The maximum atomic E-state index is 12.8. The van der Waals surface area contributed by atoms with E-state index in [1.165, 1.54) is 28.7 Å². The number of aryl methyl sites for hydroxylation is 2. The Hall–Kier alpha value is -2.71. The molecule has 0 spiro atoms. The molecule has 4 rings (SSSR count). The molecule has 0 fully saturated rings. The second kappa shape index (κ2) is 7.50. The molecular weight excluding hydrogens is 380 g/mol. The predicted molar refractivity (Wildman–Crippen MR) is 107 cm³/mol. The zero-order chi connectivity index (χ0) is 18.8. The van der Waals surface area contributed by atoms with E-state index < -0.39 is 0 Å². The minimum atomic E-state index is -0.182. The van der Waals surface area contributed by atoms with Gasteiger partial charge in [-0.3, -0.25) is 10.1 Å². The molecule has 0 aliphatic carbocycles. The van der Waals surface area contributed by atoms with E-state index in [4.69, 9.17) is 4.52 Å². The number of nitrogens with one attached hydrogen (secondary N) is 1. The molecule has 0 saturated heterocycles. The molecule has 4 aromatic rings. The van der Waals surface area contributed by atoms with Crippen LogP contribution in [0, 0.1) is 13.8 Å². The lowest BCUT2D eigenvalue weighted by Gasteiger charge is -2.07. The highest BCUT2D eigenvalue weighted by Gasteiger charge is 2.15. The molecule has 1 amide bonds. The molecular formula is C19H16N4O2S2. The molecule has 0 aliphatic heterocycles. The Balaban J connectivity index is 1.52. The summed E-state index contributed by atoms with van der Waals surface area (Å²) < 4.78 is 6.04. The number of thioether (sulfide) groups is 1. The van der Waals surface area contributed by atoms with Crippen LogP contribution >= 0.6 is 23.1 Å². The van der Waals surface area contributed by atoms with Gasteiger partial charge in [-0.25, -0.2) is 4.98 Å². The van der Waals surface area contributed by atoms with Gasteiger partial charge in [0.2, 0.25) is 5.89 Å². The van der Waals surface area contributed by atoms with E-state index in [2.05, 4.69) is 26.5 Å². The summed E-state index contributed by atoms with van der Waals surface area (Å²) >= 11 is 2.97. The first-order valence-electron chi connectivity index (χ1n) is 8.28. The standard InChI is InChI=1S/C19H16N4O2S2/c1-11-7-8-14-16(9-11)27-19(21-14)22-18(24)13-5-3-4-6-15(13)26-10-17-20-12(2)25-23-17/h3-9H,10H2,1-2H3,(H,21,22,24). The Morgan fingerprint density at radius 1 is 1.19 bits per heavy atom. The number of nitrogens with zero attached hydrogens (tertiary/aromatic N) is 3. The molecule has 27 heavy (non-hydrogen) atoms. The minimum absolute atomic E-state index is 0.182. The van der Waals surface area contributed by atoms with Crippen molar-refractivity contribution in [3.63, 3.8) is 0 Å². The van der Waals surface area contributed by atoms with Gasteiger partial charge in [-0.1, -0.05) is 34.7 Å². The first-order chi connectivity index (χ1) is 13.1. The second-order valence-electron chi connectivity index (χ2n) is 5.96. The van der Waals surface area contributed by atoms with E-state index in [-0.39, 0.29) is 5.91 Å². The molecule has 0 radical (unpaired) electrons. The van der Waals surface area contributed by atoms with Crippen molar-refractivity contribution < 1.29 is 9.32 Å². The fourth-order valence-corrected chi connectivity index (χ4v) is 4.42. The molecule has 136 valence electrons. The first-order valence-corrected chi connectivity index (χ1v) is 10.1. The van der Waals surface area contributed by atoms with Crippen LogP contribution in [-0.4, -0.2) is 21.0 Å². The molecule has 2 aromatic carbocycles. The quantitative estimate of drug-likeness (QED) is 0.486. The fourth-order valence-electron chi connectivity index (χ4n) is 2.57. The summed E-state index contributed by atoms with van der Waals surface area (Å²) in [7, 11) is 0. The third-order valence-electron chi connectivity index (χ3n) is 3.82. The Bertz CT molecular complexity index is 1120. The number of carbonyl (C=O) groups excluding carboxylic acids is 1. The largest absolute Gasteiger partial charge is 0.340 e. The van der Waals surface area contributed by atoms with Crippen LogP contribution in [0.3, 0.4) is 0 Å². The average Bonchev–Trinajstić information content (AvgIpc) is 3.25. The fraction of sp³-hybridized carbons (Fsp3) is 0.158. The number of hydrogen-bond acceptors (Lipinski definition) is 7. The molecule has 0 saturated carbocycles. The number of rotatable bonds is 5. The lowest BCUT2D eigenvalue weighted by atomic mass is 10.2. The number of fused-ring (bicyclic) bond motifs is 1. The summed E-state index contributed by atoms with van der Waals surface area (Å²) in [4.78, 5) is 22.3. The van der Waals surface area contributed by atoms with Crippen LogP contribution in [0.1, 0.15) is 27.6 Å². The maximum Gasteiger partial charge on any atom is 0.258 e. The average molecular weight is 396 g/mol. The summed E-state index contributed by atoms with van der Waals surface area (Å²) in [6.45, 7) is 3.79. The number of amides is 1. The highest BCUT2D eigenvalue weighted by Crippen LogP contribution is 2.29. The SMILES string of the molecule is Cc1ccc2nc(NC(=O)c3ccccc3SCc3noc(C)n3)sc2c1. The number of anilines is 1. The van der Waals surface area contributed by atoms with Crippen molar-refractivity contribution in [1.82, 2.24) is 15.1 Å². The molecule has 0 atom stereocenters. The lowest BCUT2D eigenvalue weighted by molar-refractivity contribution is 0.102. The van der Waals surface area contributed by atoms with Crippen molar-refractivity contribution in [2.24, 2.45) is 0 Å². The van der Waals surface area contributed by atoms with Crippen LogP contribution in [0.25, 0.3) is 10.2 Å². The van der Waals surface area contributed by atoms with Gasteiger partial charge in [0.05, 0.1) is 21.5 Å². The summed E-state index contributed by atoms with van der Waals surface area (Å²) in [5, 5.41) is 7.40. The van der Waals surface area contributed by atoms with Gasteiger partial charge in [-0.05, 0) is 36.8 Å². The summed E-state index contributed by atoms with van der Waals surface area (Å²) in [6.07, 6.45) is 0. The van der Waals surface area contributed by atoms with Crippen molar-refractivity contribution in [1.29, 1.82) is 0 Å². The van der Waals surface area contributed by atoms with Crippen molar-refractivity contribution in [2.75, 3.05) is 5.32 Å². The van der Waals surface area contributed by atoms with Gasteiger partial charge in [-0.15, -0.1) is 11.8 Å². The maximum absolute atomic E-state index is 12.8. The van der Waals surface area contributed by atoms with Crippen LogP contribution in [-0.2, 0) is 5.75 Å². The van der Waals surface area contributed by atoms with Gasteiger partial charge in [0.15, 0.2) is 11.0 Å². The Kier molecular flexibility index (Phi) is 4.91. The highest BCUT2D eigenvalue weighted by molar-refractivity contribution is 7.98. The van der Waals surface area contributed by atoms with Crippen LogP contribution < -0.4 is 5.32 Å². The van der Waals surface area contributed by atoms with Crippen LogP contribution in [0.15, 0.2) is 51.9 Å². The predicted octanol–water partition coefficient (Wildman–Crippen LogP) is 4.84. The van der Waals surface area contributed by atoms with Gasteiger partial charge in [0, 0.05) is 11.8 Å². The topological polar surface area (TPSA) is 80.9 Å². The number of aromatic nitrogens is 3. The molecule has 1 N–H and O–H groups in total. The number of carbonyl (C=O) groups is 1. The lowest BCUT2D eigenvalue weighted by Crippen LogP contribution is -2.12. The van der Waals surface area contributed by atoms with E-state index in [1.54, 1.807) is 13.0 Å². The Morgan fingerprint density at radius 3 is 2.85 bits per heavy atom. The molecule has 2 heterocycles. The molecule has 0 bridgehead atoms. The van der Waals surface area contributed by atoms with E-state index >= 15 is 0 Å². The zero-order valence-corrected chi connectivity index (χ0v) is 16.4. The number of thiazole rings is 1. The van der Waals surface area contributed by atoms with Crippen LogP contribution in [0.5, 0.6) is 0 Å². The first kappa shape index (κ1) is 17.7. The highest BCUT2D eigenvalue weighted by atomic mass is 32.2. The molecule has 2 aromatic heterocycles. The molecule has 8 heteroatoms. The van der Waals surface area contributed by atoms with Crippen LogP contribution in [0.4, 0.5) is 5.13 Å². The van der Waals surface area contributed by atoms with Gasteiger partial charge in [-0.2, -0.15) is 4.98 Å². The van der Waals surface area contributed by atoms with Crippen LogP contribution in [0.2, 0.25) is 0 Å². The monoisotopic (exact) mass is 396 g/mol. The van der Waals surface area contributed by atoms with Gasteiger partial charge < -0.3 is 4.52 Å². The molecule has 6 nitrogen and oxygen atoms in total. The molecule has 0 unspecified atom stereocenters. The Labute approximate surface area is 164 Å². The number of hydrogen-bond donors (Lipinski definition) is 1. The van der Waals surface area contributed by atoms with Gasteiger partial charge in [0.1, 0.15) is 0 Å². The third-order valence-corrected chi connectivity index (χ3v) is 5.83. The summed E-state index contributed by atoms with van der Waals surface area (Å²) in [5.74, 6) is 1.48. The van der Waals surface area contributed by atoms with E-state index in [9.17, 15) is 4.79 Å². The minimum Gasteiger partial charge on any atom is -0.340 e. The van der Waals surface area contributed by atoms with E-state index in [0.29, 0.717) is 28.2 Å². The van der Waals surface area contributed by atoms with Gasteiger partial charge >= 0.3 is 0 Å².